The summed E-state index contributed by atoms with van der Waals surface area (Å²) in [7, 11) is 3.08. The van der Waals surface area contributed by atoms with Crippen LogP contribution in [0, 0.1) is 5.82 Å². The molecule has 4 nitrogen and oxygen atoms in total. The van der Waals surface area contributed by atoms with Gasteiger partial charge in [-0.25, -0.2) is 9.38 Å². The molecular formula is C16H13FN2O2. The van der Waals surface area contributed by atoms with Gasteiger partial charge in [0.1, 0.15) is 30.1 Å². The van der Waals surface area contributed by atoms with E-state index in [0.717, 1.165) is 16.8 Å². The summed E-state index contributed by atoms with van der Waals surface area (Å²) in [5.41, 5.74) is 3.65. The third-order valence-corrected chi connectivity index (χ3v) is 3.22. The molecule has 106 valence electrons. The lowest BCUT2D eigenvalue weighted by Gasteiger charge is -2.05. The molecule has 2 aromatic rings. The van der Waals surface area contributed by atoms with E-state index in [9.17, 15) is 4.39 Å². The molecule has 0 aliphatic carbocycles. The van der Waals surface area contributed by atoms with Crippen molar-refractivity contribution < 1.29 is 14.0 Å². The molecule has 0 fully saturated rings. The van der Waals surface area contributed by atoms with E-state index in [1.807, 2.05) is 18.2 Å². The van der Waals surface area contributed by atoms with Gasteiger partial charge in [-0.2, -0.15) is 0 Å². The minimum Gasteiger partial charge on any atom is -0.497 e. The van der Waals surface area contributed by atoms with Crippen molar-refractivity contribution in [2.75, 3.05) is 14.2 Å². The largest absolute Gasteiger partial charge is 0.497 e. The second-order valence-corrected chi connectivity index (χ2v) is 4.47. The van der Waals surface area contributed by atoms with E-state index >= 15 is 0 Å². The Morgan fingerprint density at radius 3 is 2.48 bits per heavy atom. The highest BCUT2D eigenvalue weighted by atomic mass is 19.1. The van der Waals surface area contributed by atoms with Gasteiger partial charge in [-0.05, 0) is 42.5 Å². The standard InChI is InChI=1S/C16H13FN2O2/c1-20-12-7-8-14-13(9-12)16(19-21-2)15(18-14)10-3-5-11(17)6-4-10/h3-9H,1-2H3/b19-16-. The van der Waals surface area contributed by atoms with Gasteiger partial charge in [-0.1, -0.05) is 5.16 Å². The Hall–Kier alpha value is -2.69. The first-order chi connectivity index (χ1) is 10.2. The molecule has 0 bridgehead atoms. The van der Waals surface area contributed by atoms with Crippen molar-refractivity contribution in [1.82, 2.24) is 0 Å². The Morgan fingerprint density at radius 2 is 1.81 bits per heavy atom. The van der Waals surface area contributed by atoms with Crippen LogP contribution in [0.15, 0.2) is 52.6 Å². The van der Waals surface area contributed by atoms with E-state index in [1.165, 1.54) is 19.2 Å². The molecule has 0 saturated heterocycles. The van der Waals surface area contributed by atoms with Crippen molar-refractivity contribution in [3.63, 3.8) is 0 Å². The Labute approximate surface area is 121 Å². The van der Waals surface area contributed by atoms with E-state index in [1.54, 1.807) is 19.2 Å². The SMILES string of the molecule is CO/N=C1\C(c2ccc(F)cc2)=Nc2ccc(OC)cc21. The lowest BCUT2D eigenvalue weighted by Crippen LogP contribution is -2.13. The molecular weight excluding hydrogens is 271 g/mol. The molecule has 1 heterocycles. The van der Waals surface area contributed by atoms with Crippen molar-refractivity contribution in [3.8, 4) is 5.75 Å². The molecule has 0 N–H and O–H groups in total. The van der Waals surface area contributed by atoms with Gasteiger partial charge < -0.3 is 9.57 Å². The summed E-state index contributed by atoms with van der Waals surface area (Å²) >= 11 is 0. The number of oxime groups is 1. The number of rotatable bonds is 3. The molecule has 21 heavy (non-hydrogen) atoms. The highest BCUT2D eigenvalue weighted by molar-refractivity contribution is 6.56. The molecule has 3 rings (SSSR count). The third kappa shape index (κ3) is 2.38. The van der Waals surface area contributed by atoms with Crippen LogP contribution in [0.4, 0.5) is 10.1 Å². The van der Waals surface area contributed by atoms with Crippen molar-refractivity contribution in [2.24, 2.45) is 10.1 Å². The number of halogens is 1. The Kier molecular flexibility index (Phi) is 3.39. The third-order valence-electron chi connectivity index (χ3n) is 3.22. The van der Waals surface area contributed by atoms with Crippen LogP contribution < -0.4 is 4.74 Å². The van der Waals surface area contributed by atoms with Crippen molar-refractivity contribution in [2.45, 2.75) is 0 Å². The zero-order valence-corrected chi connectivity index (χ0v) is 11.6. The fourth-order valence-electron chi connectivity index (χ4n) is 2.22. The maximum absolute atomic E-state index is 13.1. The second kappa shape index (κ2) is 5.36. The number of hydrogen-bond acceptors (Lipinski definition) is 4. The number of aliphatic imine (C=N–C) groups is 1. The minimum absolute atomic E-state index is 0.290. The van der Waals surface area contributed by atoms with Gasteiger partial charge in [0.25, 0.3) is 0 Å². The van der Waals surface area contributed by atoms with Crippen molar-refractivity contribution >= 4 is 17.1 Å². The summed E-state index contributed by atoms with van der Waals surface area (Å²) in [5.74, 6) is 0.426. The number of ether oxygens (including phenoxy) is 1. The van der Waals surface area contributed by atoms with Crippen LogP contribution in [0.5, 0.6) is 5.75 Å². The Morgan fingerprint density at radius 1 is 1.05 bits per heavy atom. The Bertz CT molecular complexity index is 736. The normalized spacial score (nSPS) is 14.8. The summed E-state index contributed by atoms with van der Waals surface area (Å²) in [6.07, 6.45) is 0. The zero-order chi connectivity index (χ0) is 14.8. The Balaban J connectivity index is 2.10. The monoisotopic (exact) mass is 284 g/mol. The summed E-state index contributed by atoms with van der Waals surface area (Å²) in [5, 5.41) is 4.06. The van der Waals surface area contributed by atoms with Crippen molar-refractivity contribution in [3.05, 3.63) is 59.4 Å². The summed E-state index contributed by atoms with van der Waals surface area (Å²) in [4.78, 5) is 9.48. The van der Waals surface area contributed by atoms with Crippen LogP contribution in [-0.4, -0.2) is 25.6 Å². The van der Waals surface area contributed by atoms with E-state index in [2.05, 4.69) is 10.1 Å². The van der Waals surface area contributed by atoms with E-state index in [-0.39, 0.29) is 5.82 Å². The topological polar surface area (TPSA) is 43.2 Å². The maximum atomic E-state index is 13.1. The fraction of sp³-hybridized carbons (Fsp3) is 0.125. The average Bonchev–Trinajstić information content (AvgIpc) is 2.86. The lowest BCUT2D eigenvalue weighted by atomic mass is 10.0. The predicted octanol–water partition coefficient (Wildman–Crippen LogP) is 3.32. The minimum atomic E-state index is -0.290. The molecule has 0 radical (unpaired) electrons. The van der Waals surface area contributed by atoms with Gasteiger partial charge in [0.2, 0.25) is 0 Å². The first-order valence-corrected chi connectivity index (χ1v) is 6.37. The summed E-state index contributed by atoms with van der Waals surface area (Å²) < 4.78 is 18.3. The highest BCUT2D eigenvalue weighted by Gasteiger charge is 2.25. The number of nitrogens with zero attached hydrogens (tertiary/aromatic N) is 2. The molecule has 0 amide bonds. The van der Waals surface area contributed by atoms with Gasteiger partial charge in [-0.3, -0.25) is 0 Å². The molecule has 0 spiro atoms. The smallest absolute Gasteiger partial charge is 0.138 e. The van der Waals surface area contributed by atoms with Crippen molar-refractivity contribution in [1.29, 1.82) is 0 Å². The second-order valence-electron chi connectivity index (χ2n) is 4.47. The summed E-state index contributed by atoms with van der Waals surface area (Å²) in [6.45, 7) is 0. The number of methoxy groups -OCH3 is 1. The van der Waals surface area contributed by atoms with Crippen LogP contribution >= 0.6 is 0 Å². The van der Waals surface area contributed by atoms with Crippen LogP contribution in [0.2, 0.25) is 0 Å². The van der Waals surface area contributed by atoms with Crippen LogP contribution in [0.25, 0.3) is 0 Å². The molecule has 5 heteroatoms. The molecule has 2 aromatic carbocycles. The number of fused-ring (bicyclic) bond motifs is 1. The number of benzene rings is 2. The molecule has 0 unspecified atom stereocenters. The quantitative estimate of drug-likeness (QED) is 0.811. The van der Waals surface area contributed by atoms with Crippen LogP contribution in [-0.2, 0) is 4.84 Å². The molecule has 1 aliphatic rings. The first-order valence-electron chi connectivity index (χ1n) is 6.37. The van der Waals surface area contributed by atoms with E-state index in [4.69, 9.17) is 9.57 Å². The summed E-state index contributed by atoms with van der Waals surface area (Å²) in [6, 6.07) is 11.7. The molecule has 0 aromatic heterocycles. The average molecular weight is 284 g/mol. The van der Waals surface area contributed by atoms with Crippen LogP contribution in [0.1, 0.15) is 11.1 Å². The zero-order valence-electron chi connectivity index (χ0n) is 11.6. The highest BCUT2D eigenvalue weighted by Crippen LogP contribution is 2.32. The van der Waals surface area contributed by atoms with Gasteiger partial charge in [0.05, 0.1) is 12.8 Å². The van der Waals surface area contributed by atoms with E-state index in [0.29, 0.717) is 17.2 Å². The van der Waals surface area contributed by atoms with Gasteiger partial charge >= 0.3 is 0 Å². The molecule has 1 aliphatic heterocycles. The first kappa shape index (κ1) is 13.3. The molecule has 0 saturated carbocycles. The lowest BCUT2D eigenvalue weighted by molar-refractivity contribution is 0.214. The molecule has 0 atom stereocenters. The predicted molar refractivity (Wildman–Crippen MR) is 79.1 cm³/mol. The number of hydrogen-bond donors (Lipinski definition) is 0. The van der Waals surface area contributed by atoms with E-state index < -0.39 is 0 Å². The van der Waals surface area contributed by atoms with Gasteiger partial charge in [0, 0.05) is 11.1 Å². The maximum Gasteiger partial charge on any atom is 0.138 e. The fourth-order valence-corrected chi connectivity index (χ4v) is 2.22. The van der Waals surface area contributed by atoms with Gasteiger partial charge in [0.15, 0.2) is 0 Å². The van der Waals surface area contributed by atoms with Crippen LogP contribution in [0.3, 0.4) is 0 Å². The van der Waals surface area contributed by atoms with Gasteiger partial charge in [-0.15, -0.1) is 0 Å².